The molecule has 0 spiro atoms. The summed E-state index contributed by atoms with van der Waals surface area (Å²) in [5, 5.41) is 16.3. The van der Waals surface area contributed by atoms with Gasteiger partial charge in [-0.1, -0.05) is 6.07 Å². The van der Waals surface area contributed by atoms with Crippen molar-refractivity contribution in [2.75, 3.05) is 0 Å². The lowest BCUT2D eigenvalue weighted by Gasteiger charge is -1.99. The number of thiophene rings is 1. The summed E-state index contributed by atoms with van der Waals surface area (Å²) in [6, 6.07) is 7.32. The molecule has 1 heterocycles. The Labute approximate surface area is 126 Å². The summed E-state index contributed by atoms with van der Waals surface area (Å²) in [6.07, 6.45) is 1.50. The number of benzene rings is 1. The molecule has 0 aliphatic heterocycles. The summed E-state index contributed by atoms with van der Waals surface area (Å²) in [7, 11) is 0. The topological polar surface area (TPSA) is 84.6 Å². The lowest BCUT2D eigenvalue weighted by atomic mass is 10.2. The fourth-order valence-electron chi connectivity index (χ4n) is 1.38. The van der Waals surface area contributed by atoms with E-state index in [1.165, 1.54) is 41.8 Å². The summed E-state index contributed by atoms with van der Waals surface area (Å²) in [5.41, 5.74) is 2.37. The van der Waals surface area contributed by atoms with Gasteiger partial charge in [-0.15, -0.1) is 11.3 Å². The standard InChI is InChI=1S/C12H8BrN3O3S/c13-9-5-11(20-7-9)6-14-15-12(17)8-2-1-3-10(4-8)16(18)19/h1-7H,(H,15,17)/b14-6-. The first-order chi connectivity index (χ1) is 9.56. The number of non-ortho nitro benzene ring substituents is 1. The van der Waals surface area contributed by atoms with Crippen LogP contribution >= 0.6 is 27.3 Å². The van der Waals surface area contributed by atoms with Gasteiger partial charge in [0.15, 0.2) is 0 Å². The molecule has 0 saturated heterocycles. The minimum absolute atomic E-state index is 0.135. The third-order valence-electron chi connectivity index (χ3n) is 2.26. The minimum Gasteiger partial charge on any atom is -0.267 e. The number of carbonyl (C=O) groups excluding carboxylic acids is 1. The number of amides is 1. The molecule has 2 rings (SSSR count). The van der Waals surface area contributed by atoms with Gasteiger partial charge in [0.2, 0.25) is 0 Å². The SMILES string of the molecule is O=C(N/N=C\c1cc(Br)cs1)c1cccc([N+](=O)[O-])c1. The highest BCUT2D eigenvalue weighted by atomic mass is 79.9. The van der Waals surface area contributed by atoms with Gasteiger partial charge in [-0.2, -0.15) is 5.10 Å². The second-order valence-corrected chi connectivity index (χ2v) is 5.53. The molecule has 1 aromatic carbocycles. The number of nitro benzene ring substituents is 1. The molecule has 0 radical (unpaired) electrons. The lowest BCUT2D eigenvalue weighted by molar-refractivity contribution is -0.384. The number of nitro groups is 1. The highest BCUT2D eigenvalue weighted by Gasteiger charge is 2.10. The average Bonchev–Trinajstić information content (AvgIpc) is 2.84. The average molecular weight is 354 g/mol. The maximum absolute atomic E-state index is 11.8. The first-order valence-electron chi connectivity index (χ1n) is 5.38. The molecule has 0 atom stereocenters. The van der Waals surface area contributed by atoms with Crippen molar-refractivity contribution in [1.82, 2.24) is 5.43 Å². The van der Waals surface area contributed by atoms with Crippen molar-refractivity contribution in [3.63, 3.8) is 0 Å². The van der Waals surface area contributed by atoms with E-state index < -0.39 is 10.8 Å². The van der Waals surface area contributed by atoms with Crippen LogP contribution in [0.4, 0.5) is 5.69 Å². The molecule has 0 aliphatic carbocycles. The molecule has 2 aromatic rings. The van der Waals surface area contributed by atoms with Gasteiger partial charge >= 0.3 is 0 Å². The van der Waals surface area contributed by atoms with Crippen molar-refractivity contribution >= 4 is 45.1 Å². The highest BCUT2D eigenvalue weighted by molar-refractivity contribution is 9.10. The number of carbonyl (C=O) groups is 1. The van der Waals surface area contributed by atoms with Crippen molar-refractivity contribution in [2.24, 2.45) is 5.10 Å². The number of hydrazone groups is 1. The van der Waals surface area contributed by atoms with E-state index >= 15 is 0 Å². The van der Waals surface area contributed by atoms with Gasteiger partial charge in [0.25, 0.3) is 11.6 Å². The molecule has 0 unspecified atom stereocenters. The van der Waals surface area contributed by atoms with Crippen molar-refractivity contribution in [2.45, 2.75) is 0 Å². The lowest BCUT2D eigenvalue weighted by Crippen LogP contribution is -2.17. The van der Waals surface area contributed by atoms with Crippen LogP contribution in [0, 0.1) is 10.1 Å². The van der Waals surface area contributed by atoms with Gasteiger partial charge in [-0.05, 0) is 28.1 Å². The fraction of sp³-hybridized carbons (Fsp3) is 0. The van der Waals surface area contributed by atoms with Crippen LogP contribution in [0.1, 0.15) is 15.2 Å². The molecule has 20 heavy (non-hydrogen) atoms. The number of nitrogens with one attached hydrogen (secondary N) is 1. The van der Waals surface area contributed by atoms with Gasteiger partial charge < -0.3 is 0 Å². The van der Waals surface area contributed by atoms with E-state index in [1.54, 1.807) is 0 Å². The summed E-state index contributed by atoms with van der Waals surface area (Å²) >= 11 is 4.78. The molecule has 1 N–H and O–H groups in total. The molecule has 0 fully saturated rings. The third-order valence-corrected chi connectivity index (χ3v) is 3.89. The monoisotopic (exact) mass is 353 g/mol. The van der Waals surface area contributed by atoms with Crippen LogP contribution < -0.4 is 5.43 Å². The van der Waals surface area contributed by atoms with E-state index in [1.807, 2.05) is 11.4 Å². The first-order valence-corrected chi connectivity index (χ1v) is 7.05. The van der Waals surface area contributed by atoms with Gasteiger partial charge in [0.1, 0.15) is 0 Å². The number of hydrogen-bond donors (Lipinski definition) is 1. The molecule has 8 heteroatoms. The zero-order valence-electron chi connectivity index (χ0n) is 9.95. The van der Waals surface area contributed by atoms with E-state index in [4.69, 9.17) is 0 Å². The Morgan fingerprint density at radius 3 is 2.90 bits per heavy atom. The van der Waals surface area contributed by atoms with E-state index in [9.17, 15) is 14.9 Å². The van der Waals surface area contributed by atoms with Crippen molar-refractivity contribution < 1.29 is 9.72 Å². The Hall–Kier alpha value is -2.06. The van der Waals surface area contributed by atoms with Crippen LogP contribution in [-0.4, -0.2) is 17.0 Å². The number of halogens is 1. The predicted octanol–water partition coefficient (Wildman–Crippen LogP) is 3.18. The summed E-state index contributed by atoms with van der Waals surface area (Å²) < 4.78 is 0.939. The summed E-state index contributed by atoms with van der Waals surface area (Å²) in [5.74, 6) is -0.499. The third kappa shape index (κ3) is 3.72. The quantitative estimate of drug-likeness (QED) is 0.520. The molecule has 1 amide bonds. The van der Waals surface area contributed by atoms with Crippen LogP contribution in [0.5, 0.6) is 0 Å². The largest absolute Gasteiger partial charge is 0.271 e. The van der Waals surface area contributed by atoms with Crippen LogP contribution in [-0.2, 0) is 0 Å². The highest BCUT2D eigenvalue weighted by Crippen LogP contribution is 2.17. The molecule has 0 saturated carbocycles. The second kappa shape index (κ2) is 6.40. The van der Waals surface area contributed by atoms with Crippen LogP contribution in [0.2, 0.25) is 0 Å². The molecule has 102 valence electrons. The molecule has 0 aliphatic rings. The van der Waals surface area contributed by atoms with Crippen molar-refractivity contribution in [1.29, 1.82) is 0 Å². The van der Waals surface area contributed by atoms with Gasteiger partial charge in [-0.25, -0.2) is 5.43 Å². The van der Waals surface area contributed by atoms with E-state index in [0.717, 1.165) is 9.35 Å². The maximum Gasteiger partial charge on any atom is 0.271 e. The fourth-order valence-corrected chi connectivity index (χ4v) is 2.68. The smallest absolute Gasteiger partial charge is 0.267 e. The van der Waals surface area contributed by atoms with Gasteiger partial charge in [0, 0.05) is 32.4 Å². The zero-order valence-corrected chi connectivity index (χ0v) is 12.3. The van der Waals surface area contributed by atoms with Gasteiger partial charge in [-0.3, -0.25) is 14.9 Å². The van der Waals surface area contributed by atoms with Crippen molar-refractivity contribution in [3.05, 3.63) is 60.7 Å². The Morgan fingerprint density at radius 2 is 2.25 bits per heavy atom. The Morgan fingerprint density at radius 1 is 1.45 bits per heavy atom. The van der Waals surface area contributed by atoms with Crippen molar-refractivity contribution in [3.8, 4) is 0 Å². The van der Waals surface area contributed by atoms with Crippen LogP contribution in [0.15, 0.2) is 45.3 Å². The maximum atomic E-state index is 11.8. The molecule has 1 aromatic heterocycles. The Kier molecular flexibility index (Phi) is 4.59. The van der Waals surface area contributed by atoms with Crippen LogP contribution in [0.25, 0.3) is 0 Å². The Bertz CT molecular complexity index is 684. The summed E-state index contributed by atoms with van der Waals surface area (Å²) in [6.45, 7) is 0. The zero-order chi connectivity index (χ0) is 14.5. The summed E-state index contributed by atoms with van der Waals surface area (Å²) in [4.78, 5) is 22.7. The van der Waals surface area contributed by atoms with E-state index in [-0.39, 0.29) is 11.3 Å². The number of hydrogen-bond acceptors (Lipinski definition) is 5. The second-order valence-electron chi connectivity index (χ2n) is 3.67. The molecule has 6 nitrogen and oxygen atoms in total. The molecule has 0 bridgehead atoms. The first kappa shape index (κ1) is 14.4. The normalized spacial score (nSPS) is 10.7. The van der Waals surface area contributed by atoms with E-state index in [2.05, 4.69) is 26.5 Å². The van der Waals surface area contributed by atoms with Crippen LogP contribution in [0.3, 0.4) is 0 Å². The van der Waals surface area contributed by atoms with E-state index in [0.29, 0.717) is 0 Å². The molecular weight excluding hydrogens is 346 g/mol. The number of rotatable bonds is 4. The molecular formula is C12H8BrN3O3S. The predicted molar refractivity (Wildman–Crippen MR) is 80.2 cm³/mol. The minimum atomic E-state index is -0.552. The number of nitrogens with zero attached hydrogens (tertiary/aromatic N) is 2. The van der Waals surface area contributed by atoms with Gasteiger partial charge in [0.05, 0.1) is 11.1 Å². The Balaban J connectivity index is 2.03.